The first-order valence-corrected chi connectivity index (χ1v) is 4.41. The molecule has 2 fully saturated rings. The maximum Gasteiger partial charge on any atom is 0.109 e. The predicted octanol–water partition coefficient (Wildman–Crippen LogP) is -0.969. The predicted molar refractivity (Wildman–Crippen MR) is 44.3 cm³/mol. The fourth-order valence-electron chi connectivity index (χ4n) is 2.40. The lowest BCUT2D eigenvalue weighted by molar-refractivity contribution is 0.00198. The molecule has 2 heterocycles. The van der Waals surface area contributed by atoms with Gasteiger partial charge in [-0.2, -0.15) is 0 Å². The van der Waals surface area contributed by atoms with Crippen LogP contribution in [0.4, 0.5) is 0 Å². The number of aliphatic hydroxyl groups is 2. The normalized spacial score (nSPS) is 50.0. The van der Waals surface area contributed by atoms with E-state index in [9.17, 15) is 10.2 Å². The van der Waals surface area contributed by atoms with Gasteiger partial charge in [-0.25, -0.2) is 0 Å². The number of fused-ring (bicyclic) bond motifs is 1. The highest BCUT2D eigenvalue weighted by Gasteiger charge is 2.47. The third-order valence-corrected chi connectivity index (χ3v) is 3.34. The molecule has 2 aliphatic rings. The second-order valence-electron chi connectivity index (χ2n) is 3.90. The minimum absolute atomic E-state index is 0.324. The molecule has 0 saturated carbocycles. The second kappa shape index (κ2) is 2.67. The quantitative estimate of drug-likeness (QED) is 0.493. The van der Waals surface area contributed by atoms with Crippen molar-refractivity contribution in [2.24, 2.45) is 0 Å². The van der Waals surface area contributed by atoms with Crippen molar-refractivity contribution in [1.29, 1.82) is 0 Å². The molecule has 0 aliphatic carbocycles. The van der Waals surface area contributed by atoms with Crippen LogP contribution in [0.25, 0.3) is 0 Å². The van der Waals surface area contributed by atoms with E-state index in [1.807, 2.05) is 23.9 Å². The van der Waals surface area contributed by atoms with Gasteiger partial charge >= 0.3 is 0 Å². The molecule has 2 aliphatic heterocycles. The number of hydrogen-bond donors (Lipinski definition) is 2. The van der Waals surface area contributed by atoms with Gasteiger partial charge in [0.25, 0.3) is 0 Å². The highest BCUT2D eigenvalue weighted by atomic mass is 16.3. The summed E-state index contributed by atoms with van der Waals surface area (Å²) in [5, 5.41) is 19.1. The van der Waals surface area contributed by atoms with E-state index in [1.165, 1.54) is 0 Å². The van der Waals surface area contributed by atoms with Gasteiger partial charge in [0, 0.05) is 24.9 Å². The molecule has 0 amide bonds. The second-order valence-corrected chi connectivity index (χ2v) is 3.90. The summed E-state index contributed by atoms with van der Waals surface area (Å²) in [5.74, 6) is 0. The SMILES string of the molecule is CN1[C@@H]2C[C@H](O)N(C)[C@@H]2C[C@@H]1O. The molecule has 4 heteroatoms. The van der Waals surface area contributed by atoms with Crippen LogP contribution in [-0.2, 0) is 0 Å². The molecule has 2 rings (SSSR count). The Balaban J connectivity index is 2.14. The van der Waals surface area contributed by atoms with E-state index in [4.69, 9.17) is 0 Å². The highest BCUT2D eigenvalue weighted by molar-refractivity contribution is 4.99. The van der Waals surface area contributed by atoms with Crippen LogP contribution in [0.3, 0.4) is 0 Å². The van der Waals surface area contributed by atoms with Crippen molar-refractivity contribution in [3.05, 3.63) is 0 Å². The fraction of sp³-hybridized carbons (Fsp3) is 1.00. The topological polar surface area (TPSA) is 46.9 Å². The molecule has 4 atom stereocenters. The van der Waals surface area contributed by atoms with E-state index in [-0.39, 0.29) is 12.5 Å². The van der Waals surface area contributed by atoms with Crippen LogP contribution in [0.15, 0.2) is 0 Å². The van der Waals surface area contributed by atoms with Gasteiger partial charge < -0.3 is 10.2 Å². The molecular formula is C8H16N2O2. The van der Waals surface area contributed by atoms with Gasteiger partial charge in [-0.15, -0.1) is 0 Å². The lowest BCUT2D eigenvalue weighted by Gasteiger charge is -2.20. The lowest BCUT2D eigenvalue weighted by Crippen LogP contribution is -2.34. The number of likely N-dealkylation sites (tertiary alicyclic amines) is 2. The van der Waals surface area contributed by atoms with Gasteiger partial charge in [0.1, 0.15) is 12.5 Å². The Morgan fingerprint density at radius 3 is 1.58 bits per heavy atom. The molecule has 0 bridgehead atoms. The van der Waals surface area contributed by atoms with Crippen LogP contribution in [0, 0.1) is 0 Å². The Hall–Kier alpha value is -0.160. The van der Waals surface area contributed by atoms with E-state index in [2.05, 4.69) is 0 Å². The average molecular weight is 172 g/mol. The first kappa shape index (κ1) is 8.44. The largest absolute Gasteiger partial charge is 0.378 e. The first-order chi connectivity index (χ1) is 5.61. The van der Waals surface area contributed by atoms with Gasteiger partial charge in [0.2, 0.25) is 0 Å². The van der Waals surface area contributed by atoms with Crippen LogP contribution in [0.5, 0.6) is 0 Å². The monoisotopic (exact) mass is 172 g/mol. The Kier molecular flexibility index (Phi) is 1.88. The molecule has 2 saturated heterocycles. The number of aliphatic hydroxyl groups excluding tert-OH is 2. The zero-order chi connectivity index (χ0) is 8.88. The minimum atomic E-state index is -0.324. The summed E-state index contributed by atoms with van der Waals surface area (Å²) in [6.45, 7) is 0. The molecule has 0 aromatic rings. The zero-order valence-electron chi connectivity index (χ0n) is 7.51. The maximum absolute atomic E-state index is 9.53. The van der Waals surface area contributed by atoms with Gasteiger partial charge in [-0.3, -0.25) is 9.80 Å². The van der Waals surface area contributed by atoms with E-state index in [0.29, 0.717) is 12.1 Å². The van der Waals surface area contributed by atoms with E-state index < -0.39 is 0 Å². The average Bonchev–Trinajstić information content (AvgIpc) is 2.43. The Morgan fingerprint density at radius 2 is 1.25 bits per heavy atom. The summed E-state index contributed by atoms with van der Waals surface area (Å²) in [7, 11) is 3.84. The first-order valence-electron chi connectivity index (χ1n) is 4.41. The minimum Gasteiger partial charge on any atom is -0.378 e. The maximum atomic E-state index is 9.53. The van der Waals surface area contributed by atoms with Crippen molar-refractivity contribution in [3.8, 4) is 0 Å². The summed E-state index contributed by atoms with van der Waals surface area (Å²) < 4.78 is 0. The van der Waals surface area contributed by atoms with Gasteiger partial charge in [0.05, 0.1) is 0 Å². The summed E-state index contributed by atoms with van der Waals surface area (Å²) in [4.78, 5) is 3.91. The summed E-state index contributed by atoms with van der Waals surface area (Å²) in [5.41, 5.74) is 0. The molecule has 12 heavy (non-hydrogen) atoms. The molecule has 0 aromatic heterocycles. The standard InChI is InChI=1S/C8H16N2O2/c1-9-5-3-8(12)10(2)6(5)4-7(9)11/h5-8,11-12H,3-4H2,1-2H3/t5-,6-,7+,8+/m1/s1. The summed E-state index contributed by atoms with van der Waals surface area (Å²) >= 11 is 0. The van der Waals surface area contributed by atoms with E-state index >= 15 is 0 Å². The smallest absolute Gasteiger partial charge is 0.109 e. The Morgan fingerprint density at radius 1 is 0.917 bits per heavy atom. The van der Waals surface area contributed by atoms with Crippen LogP contribution in [0.1, 0.15) is 12.8 Å². The van der Waals surface area contributed by atoms with Crippen molar-refractivity contribution >= 4 is 0 Å². The lowest BCUT2D eigenvalue weighted by atomic mass is 10.1. The number of rotatable bonds is 0. The summed E-state index contributed by atoms with van der Waals surface area (Å²) in [6.07, 6.45) is 0.869. The molecular weight excluding hydrogens is 156 g/mol. The van der Waals surface area contributed by atoms with Crippen LogP contribution < -0.4 is 0 Å². The van der Waals surface area contributed by atoms with Crippen molar-refractivity contribution in [3.63, 3.8) is 0 Å². The van der Waals surface area contributed by atoms with Crippen molar-refractivity contribution in [2.45, 2.75) is 37.4 Å². The highest BCUT2D eigenvalue weighted by Crippen LogP contribution is 2.34. The molecule has 4 nitrogen and oxygen atoms in total. The van der Waals surface area contributed by atoms with Crippen molar-refractivity contribution in [2.75, 3.05) is 14.1 Å². The van der Waals surface area contributed by atoms with Crippen LogP contribution >= 0.6 is 0 Å². The number of nitrogens with zero attached hydrogens (tertiary/aromatic N) is 2. The molecule has 0 unspecified atom stereocenters. The number of hydrogen-bond acceptors (Lipinski definition) is 4. The zero-order valence-corrected chi connectivity index (χ0v) is 7.51. The molecule has 2 N–H and O–H groups in total. The molecule has 0 aromatic carbocycles. The Bertz CT molecular complexity index is 168. The van der Waals surface area contributed by atoms with Crippen LogP contribution in [0.2, 0.25) is 0 Å². The van der Waals surface area contributed by atoms with Gasteiger partial charge in [0.15, 0.2) is 0 Å². The third-order valence-electron chi connectivity index (χ3n) is 3.34. The van der Waals surface area contributed by atoms with Gasteiger partial charge in [-0.05, 0) is 14.1 Å². The van der Waals surface area contributed by atoms with E-state index in [1.54, 1.807) is 0 Å². The fourth-order valence-corrected chi connectivity index (χ4v) is 2.40. The Labute approximate surface area is 72.4 Å². The summed E-state index contributed by atoms with van der Waals surface area (Å²) in [6, 6.07) is 0.667. The van der Waals surface area contributed by atoms with Crippen LogP contribution in [-0.4, -0.2) is 58.6 Å². The molecule has 0 radical (unpaired) electrons. The van der Waals surface area contributed by atoms with Crippen molar-refractivity contribution < 1.29 is 10.2 Å². The van der Waals surface area contributed by atoms with Gasteiger partial charge in [-0.1, -0.05) is 0 Å². The van der Waals surface area contributed by atoms with Crippen molar-refractivity contribution in [1.82, 2.24) is 9.80 Å². The number of likely N-dealkylation sites (N-methyl/N-ethyl adjacent to an activating group) is 2. The van der Waals surface area contributed by atoms with E-state index in [0.717, 1.165) is 12.8 Å². The third kappa shape index (κ3) is 0.992. The molecule has 0 spiro atoms. The molecule has 70 valence electrons.